The molecule has 1 saturated carbocycles. The second-order valence-electron chi connectivity index (χ2n) is 7.83. The van der Waals surface area contributed by atoms with Crippen LogP contribution in [-0.2, 0) is 5.41 Å². The molecule has 3 aliphatic heterocycles. The third-order valence-corrected chi connectivity index (χ3v) is 7.38. The van der Waals surface area contributed by atoms with Gasteiger partial charge in [0.15, 0.2) is 0 Å². The molecule has 1 aromatic rings. The Bertz CT molecular complexity index is 583. The predicted molar refractivity (Wildman–Crippen MR) is 86.7 cm³/mol. The summed E-state index contributed by atoms with van der Waals surface area (Å²) in [6, 6.07) is 10.7. The highest BCUT2D eigenvalue weighted by Gasteiger charge is 2.65. The van der Waals surface area contributed by atoms with E-state index < -0.39 is 0 Å². The summed E-state index contributed by atoms with van der Waals surface area (Å²) in [6.07, 6.45) is 8.41. The predicted octanol–water partition coefficient (Wildman–Crippen LogP) is 3.78. The van der Waals surface area contributed by atoms with Crippen LogP contribution in [0.25, 0.3) is 0 Å². The largest absolute Gasteiger partial charge is 0.381 e. The molecule has 1 aliphatic carbocycles. The van der Waals surface area contributed by atoms with Gasteiger partial charge in [-0.15, -0.1) is 0 Å². The van der Waals surface area contributed by atoms with E-state index in [1.54, 1.807) is 5.56 Å². The molecule has 3 fully saturated rings. The second-order valence-corrected chi connectivity index (χ2v) is 7.83. The molecule has 0 aromatic heterocycles. The summed E-state index contributed by atoms with van der Waals surface area (Å²) < 4.78 is 0. The molecule has 0 bridgehead atoms. The van der Waals surface area contributed by atoms with Gasteiger partial charge in [-0.1, -0.05) is 25.1 Å². The Morgan fingerprint density at radius 2 is 2.10 bits per heavy atom. The van der Waals surface area contributed by atoms with E-state index in [2.05, 4.69) is 41.4 Å². The summed E-state index contributed by atoms with van der Waals surface area (Å²) in [4.78, 5) is 2.86. The minimum atomic E-state index is 0.408. The highest BCUT2D eigenvalue weighted by atomic mass is 15.2. The van der Waals surface area contributed by atoms with Gasteiger partial charge in [0.05, 0.1) is 0 Å². The highest BCUT2D eigenvalue weighted by Crippen LogP contribution is 2.63. The lowest BCUT2D eigenvalue weighted by molar-refractivity contribution is -0.0309. The lowest BCUT2D eigenvalue weighted by Crippen LogP contribution is -2.63. The average molecular weight is 282 g/mol. The maximum atomic E-state index is 3.90. The fourth-order valence-corrected chi connectivity index (χ4v) is 6.60. The molecule has 1 N–H and O–H groups in total. The Labute approximate surface area is 127 Å². The fraction of sp³-hybridized carbons (Fsp3) is 0.684. The zero-order valence-corrected chi connectivity index (χ0v) is 13.1. The Hall–Kier alpha value is -1.02. The molecule has 1 spiro atoms. The van der Waals surface area contributed by atoms with Crippen LogP contribution in [0.4, 0.5) is 5.69 Å². The van der Waals surface area contributed by atoms with Gasteiger partial charge < -0.3 is 5.32 Å². The number of hydrogen-bond donors (Lipinski definition) is 1. The first kappa shape index (κ1) is 12.5. The number of nitrogens with zero attached hydrogens (tertiary/aromatic N) is 1. The summed E-state index contributed by atoms with van der Waals surface area (Å²) in [6.45, 7) is 5.10. The Morgan fingerprint density at radius 3 is 3.00 bits per heavy atom. The van der Waals surface area contributed by atoms with Gasteiger partial charge in [0.1, 0.15) is 0 Å². The first-order chi connectivity index (χ1) is 10.3. The van der Waals surface area contributed by atoms with Crippen molar-refractivity contribution in [2.45, 2.75) is 62.9 Å². The van der Waals surface area contributed by atoms with E-state index in [4.69, 9.17) is 0 Å². The van der Waals surface area contributed by atoms with Crippen molar-refractivity contribution in [3.8, 4) is 0 Å². The van der Waals surface area contributed by atoms with Crippen LogP contribution in [0.5, 0.6) is 0 Å². The number of hydrogen-bond acceptors (Lipinski definition) is 2. The van der Waals surface area contributed by atoms with Crippen LogP contribution < -0.4 is 5.32 Å². The summed E-state index contributed by atoms with van der Waals surface area (Å²) in [5.74, 6) is 0. The molecule has 1 aromatic carbocycles. The number of rotatable bonds is 1. The van der Waals surface area contributed by atoms with Crippen LogP contribution in [0, 0.1) is 5.41 Å². The van der Waals surface area contributed by atoms with Crippen molar-refractivity contribution in [3.05, 3.63) is 29.8 Å². The standard InChI is InChI=1S/C19H26N2/c1-2-18-9-5-12-21-13-11-19(17(18)21)14-6-3-4-7-15(14)20-16(19)8-10-18/h3-4,6-7,16-17,20H,2,5,8-13H2,1H3/t16-,17-,18-,19-/m1/s1. The Kier molecular flexibility index (Phi) is 2.41. The number of para-hydroxylation sites is 1. The van der Waals surface area contributed by atoms with Crippen LogP contribution in [-0.4, -0.2) is 30.1 Å². The number of fused-ring (bicyclic) bond motifs is 1. The summed E-state index contributed by atoms with van der Waals surface area (Å²) in [7, 11) is 0. The molecule has 5 rings (SSSR count). The monoisotopic (exact) mass is 282 g/mol. The van der Waals surface area contributed by atoms with Gasteiger partial charge in [0, 0.05) is 23.2 Å². The van der Waals surface area contributed by atoms with Crippen molar-refractivity contribution >= 4 is 5.69 Å². The van der Waals surface area contributed by atoms with Crippen molar-refractivity contribution < 1.29 is 0 Å². The summed E-state index contributed by atoms with van der Waals surface area (Å²) in [5, 5.41) is 3.90. The van der Waals surface area contributed by atoms with E-state index in [1.807, 2.05) is 0 Å². The molecule has 2 saturated heterocycles. The van der Waals surface area contributed by atoms with Gasteiger partial charge in [-0.3, -0.25) is 4.90 Å². The Balaban J connectivity index is 1.72. The van der Waals surface area contributed by atoms with Crippen LogP contribution >= 0.6 is 0 Å². The normalized spacial score (nSPS) is 43.9. The summed E-state index contributed by atoms with van der Waals surface area (Å²) >= 11 is 0. The Morgan fingerprint density at radius 1 is 1.19 bits per heavy atom. The van der Waals surface area contributed by atoms with Crippen molar-refractivity contribution in [1.29, 1.82) is 0 Å². The van der Waals surface area contributed by atoms with E-state index in [0.29, 0.717) is 16.9 Å². The molecule has 112 valence electrons. The van der Waals surface area contributed by atoms with Crippen LogP contribution in [0.3, 0.4) is 0 Å². The van der Waals surface area contributed by atoms with Crippen LogP contribution in [0.1, 0.15) is 51.0 Å². The molecule has 4 atom stereocenters. The van der Waals surface area contributed by atoms with E-state index in [9.17, 15) is 0 Å². The molecule has 4 aliphatic rings. The van der Waals surface area contributed by atoms with Crippen LogP contribution in [0.2, 0.25) is 0 Å². The lowest BCUT2D eigenvalue weighted by Gasteiger charge is -2.58. The molecule has 0 radical (unpaired) electrons. The average Bonchev–Trinajstić information content (AvgIpc) is 3.08. The van der Waals surface area contributed by atoms with Gasteiger partial charge in [-0.2, -0.15) is 0 Å². The molecule has 0 unspecified atom stereocenters. The van der Waals surface area contributed by atoms with Crippen molar-refractivity contribution in [3.63, 3.8) is 0 Å². The molecule has 3 heterocycles. The molecule has 0 amide bonds. The number of benzene rings is 1. The van der Waals surface area contributed by atoms with Crippen molar-refractivity contribution in [1.82, 2.24) is 4.90 Å². The number of piperidine rings is 1. The topological polar surface area (TPSA) is 15.3 Å². The van der Waals surface area contributed by atoms with E-state index in [0.717, 1.165) is 6.04 Å². The van der Waals surface area contributed by atoms with Crippen molar-refractivity contribution in [2.24, 2.45) is 5.41 Å². The minimum absolute atomic E-state index is 0.408. The molecular weight excluding hydrogens is 256 g/mol. The maximum Gasteiger partial charge on any atom is 0.0382 e. The van der Waals surface area contributed by atoms with E-state index in [-0.39, 0.29) is 0 Å². The first-order valence-electron chi connectivity index (χ1n) is 8.90. The fourth-order valence-electron chi connectivity index (χ4n) is 6.60. The number of anilines is 1. The zero-order chi connectivity index (χ0) is 14.1. The minimum Gasteiger partial charge on any atom is -0.381 e. The first-order valence-corrected chi connectivity index (χ1v) is 8.90. The number of nitrogens with one attached hydrogen (secondary N) is 1. The highest BCUT2D eigenvalue weighted by molar-refractivity contribution is 5.64. The quantitative estimate of drug-likeness (QED) is 0.843. The zero-order valence-electron chi connectivity index (χ0n) is 13.1. The molecular formula is C19H26N2. The SMILES string of the molecule is CC[C@@]12CCCN3CC[C@]4(c5ccccc5N[C@@H]4CC1)[C@H]32. The van der Waals surface area contributed by atoms with Gasteiger partial charge in [-0.25, -0.2) is 0 Å². The lowest BCUT2D eigenvalue weighted by atomic mass is 9.52. The maximum absolute atomic E-state index is 3.90. The van der Waals surface area contributed by atoms with Crippen molar-refractivity contribution in [2.75, 3.05) is 18.4 Å². The van der Waals surface area contributed by atoms with Gasteiger partial charge in [0.2, 0.25) is 0 Å². The molecule has 2 heteroatoms. The van der Waals surface area contributed by atoms with E-state index >= 15 is 0 Å². The third-order valence-electron chi connectivity index (χ3n) is 7.38. The smallest absolute Gasteiger partial charge is 0.0382 e. The second kappa shape index (κ2) is 4.04. The molecule has 2 nitrogen and oxygen atoms in total. The van der Waals surface area contributed by atoms with Gasteiger partial charge in [0.25, 0.3) is 0 Å². The van der Waals surface area contributed by atoms with Gasteiger partial charge in [-0.05, 0) is 68.7 Å². The third kappa shape index (κ3) is 1.34. The van der Waals surface area contributed by atoms with E-state index in [1.165, 1.54) is 57.3 Å². The molecule has 21 heavy (non-hydrogen) atoms. The van der Waals surface area contributed by atoms with Gasteiger partial charge >= 0.3 is 0 Å². The van der Waals surface area contributed by atoms with Crippen LogP contribution in [0.15, 0.2) is 24.3 Å². The summed E-state index contributed by atoms with van der Waals surface area (Å²) in [5.41, 5.74) is 4.07.